The number of hydrogen-bond acceptors (Lipinski definition) is 3. The quantitative estimate of drug-likeness (QED) is 0.907. The topological polar surface area (TPSA) is 49.8 Å². The van der Waals surface area contributed by atoms with Gasteiger partial charge in [-0.05, 0) is 43.0 Å². The van der Waals surface area contributed by atoms with Crippen molar-refractivity contribution >= 4 is 21.9 Å². The van der Waals surface area contributed by atoms with Crippen molar-refractivity contribution < 1.29 is 14.6 Å². The van der Waals surface area contributed by atoms with E-state index in [-0.39, 0.29) is 6.04 Å². The second kappa shape index (κ2) is 5.97. The number of benzene rings is 1. The van der Waals surface area contributed by atoms with Gasteiger partial charge in [0.15, 0.2) is 0 Å². The average Bonchev–Trinajstić information content (AvgIpc) is 2.88. The molecule has 0 radical (unpaired) electrons. The fourth-order valence-corrected chi connectivity index (χ4v) is 3.87. The summed E-state index contributed by atoms with van der Waals surface area (Å²) in [6.07, 6.45) is 2.72. The van der Waals surface area contributed by atoms with Crippen LogP contribution in [0, 0.1) is 5.92 Å². The second-order valence-corrected chi connectivity index (χ2v) is 7.02. The van der Waals surface area contributed by atoms with E-state index in [1.54, 1.807) is 0 Å². The summed E-state index contributed by atoms with van der Waals surface area (Å²) in [5.41, 5.74) is 2.31. The minimum Gasteiger partial charge on any atom is -0.493 e. The Morgan fingerprint density at radius 1 is 1.52 bits per heavy atom. The Balaban J connectivity index is 1.84. The van der Waals surface area contributed by atoms with Crippen molar-refractivity contribution in [1.29, 1.82) is 0 Å². The molecule has 5 heteroatoms. The molecule has 2 atom stereocenters. The molecule has 2 unspecified atom stereocenters. The first-order valence-electron chi connectivity index (χ1n) is 7.45. The molecule has 2 aliphatic rings. The van der Waals surface area contributed by atoms with E-state index in [1.165, 1.54) is 5.56 Å². The number of carbonyl (C=O) groups is 1. The largest absolute Gasteiger partial charge is 0.493 e. The number of nitrogens with zero attached hydrogens (tertiary/aromatic N) is 1. The molecule has 0 aromatic heterocycles. The van der Waals surface area contributed by atoms with E-state index in [0.717, 1.165) is 48.2 Å². The Kier molecular flexibility index (Phi) is 4.22. The molecule has 1 N–H and O–H groups in total. The molecular formula is C16H20BrNO3. The van der Waals surface area contributed by atoms with E-state index >= 15 is 0 Å². The number of carboxylic acid groups (broad SMARTS) is 1. The van der Waals surface area contributed by atoms with E-state index in [2.05, 4.69) is 39.9 Å². The maximum Gasteiger partial charge on any atom is 0.320 e. The van der Waals surface area contributed by atoms with Crippen molar-refractivity contribution in [2.45, 2.75) is 38.8 Å². The van der Waals surface area contributed by atoms with Crippen LogP contribution >= 0.6 is 15.9 Å². The zero-order chi connectivity index (χ0) is 15.0. The first-order chi connectivity index (χ1) is 10.0. The van der Waals surface area contributed by atoms with Crippen LogP contribution in [0.3, 0.4) is 0 Å². The smallest absolute Gasteiger partial charge is 0.320 e. The highest BCUT2D eigenvalue weighted by atomic mass is 79.9. The lowest BCUT2D eigenvalue weighted by atomic mass is 9.92. The normalized spacial score (nSPS) is 25.4. The van der Waals surface area contributed by atoms with Crippen LogP contribution < -0.4 is 4.74 Å². The molecular weight excluding hydrogens is 334 g/mol. The molecule has 0 saturated carbocycles. The number of fused-ring (bicyclic) bond motifs is 1. The summed E-state index contributed by atoms with van der Waals surface area (Å²) in [4.78, 5) is 13.6. The second-order valence-electron chi connectivity index (χ2n) is 6.11. The molecule has 2 heterocycles. The lowest BCUT2D eigenvalue weighted by molar-refractivity contribution is -0.145. The lowest BCUT2D eigenvalue weighted by Gasteiger charge is -2.36. The maximum absolute atomic E-state index is 11.5. The number of aliphatic carboxylic acids is 1. The summed E-state index contributed by atoms with van der Waals surface area (Å²) in [6, 6.07) is 3.77. The highest BCUT2D eigenvalue weighted by Crippen LogP contribution is 2.35. The fourth-order valence-electron chi connectivity index (χ4n) is 3.32. The van der Waals surface area contributed by atoms with Crippen LogP contribution in [0.25, 0.3) is 0 Å². The number of hydrogen-bond donors (Lipinski definition) is 1. The number of likely N-dealkylation sites (tertiary alicyclic amines) is 1. The van der Waals surface area contributed by atoms with Gasteiger partial charge in [0.1, 0.15) is 11.8 Å². The summed E-state index contributed by atoms with van der Waals surface area (Å²) in [5, 5.41) is 9.47. The van der Waals surface area contributed by atoms with Gasteiger partial charge in [-0.25, -0.2) is 0 Å². The van der Waals surface area contributed by atoms with Crippen LogP contribution in [0.15, 0.2) is 16.6 Å². The van der Waals surface area contributed by atoms with Crippen molar-refractivity contribution in [1.82, 2.24) is 4.90 Å². The summed E-state index contributed by atoms with van der Waals surface area (Å²) in [7, 11) is 0. The van der Waals surface area contributed by atoms with Gasteiger partial charge < -0.3 is 9.84 Å². The lowest BCUT2D eigenvalue weighted by Crippen LogP contribution is -2.46. The van der Waals surface area contributed by atoms with Gasteiger partial charge in [-0.2, -0.15) is 0 Å². The zero-order valence-electron chi connectivity index (χ0n) is 12.1. The Morgan fingerprint density at radius 3 is 3.10 bits per heavy atom. The van der Waals surface area contributed by atoms with Gasteiger partial charge in [0.25, 0.3) is 0 Å². The van der Waals surface area contributed by atoms with Crippen LogP contribution in [0.4, 0.5) is 0 Å². The van der Waals surface area contributed by atoms with Gasteiger partial charge in [-0.1, -0.05) is 22.9 Å². The summed E-state index contributed by atoms with van der Waals surface area (Å²) >= 11 is 3.54. The van der Waals surface area contributed by atoms with E-state index < -0.39 is 5.97 Å². The van der Waals surface area contributed by atoms with Crippen LogP contribution in [0.2, 0.25) is 0 Å². The molecule has 1 fully saturated rings. The van der Waals surface area contributed by atoms with Gasteiger partial charge in [0.2, 0.25) is 0 Å². The molecule has 1 aromatic carbocycles. The predicted molar refractivity (Wildman–Crippen MR) is 83.6 cm³/mol. The molecule has 1 aromatic rings. The molecule has 21 heavy (non-hydrogen) atoms. The average molecular weight is 354 g/mol. The highest BCUT2D eigenvalue weighted by molar-refractivity contribution is 9.10. The SMILES string of the molecule is CC1CCN(Cc2cc(Br)cc3c2OCC3)C(C(=O)O)C1. The Labute approximate surface area is 133 Å². The summed E-state index contributed by atoms with van der Waals surface area (Å²) in [6.45, 7) is 4.33. The summed E-state index contributed by atoms with van der Waals surface area (Å²) in [5.74, 6) is 0.724. The predicted octanol–water partition coefficient (Wildman–Crippen LogP) is 3.07. The molecule has 2 aliphatic heterocycles. The van der Waals surface area contributed by atoms with Crippen molar-refractivity contribution in [2.75, 3.05) is 13.2 Å². The molecule has 114 valence electrons. The third-order valence-electron chi connectivity index (χ3n) is 4.46. The maximum atomic E-state index is 11.5. The van der Waals surface area contributed by atoms with Crippen LogP contribution in [0.1, 0.15) is 30.9 Å². The van der Waals surface area contributed by atoms with E-state index in [0.29, 0.717) is 12.5 Å². The zero-order valence-corrected chi connectivity index (χ0v) is 13.7. The molecule has 3 rings (SSSR count). The van der Waals surface area contributed by atoms with Gasteiger partial charge in [-0.3, -0.25) is 9.69 Å². The minimum absolute atomic E-state index is 0.384. The third-order valence-corrected chi connectivity index (χ3v) is 4.92. The van der Waals surface area contributed by atoms with Crippen molar-refractivity contribution in [2.24, 2.45) is 5.92 Å². The summed E-state index contributed by atoms with van der Waals surface area (Å²) < 4.78 is 6.79. The van der Waals surface area contributed by atoms with Crippen LogP contribution in [-0.2, 0) is 17.8 Å². The van der Waals surface area contributed by atoms with Gasteiger partial charge in [0, 0.05) is 23.0 Å². The van der Waals surface area contributed by atoms with Crippen LogP contribution in [-0.4, -0.2) is 35.2 Å². The van der Waals surface area contributed by atoms with Gasteiger partial charge in [0.05, 0.1) is 6.61 Å². The number of carboxylic acids is 1. The molecule has 0 aliphatic carbocycles. The van der Waals surface area contributed by atoms with Crippen molar-refractivity contribution in [3.05, 3.63) is 27.7 Å². The monoisotopic (exact) mass is 353 g/mol. The molecule has 4 nitrogen and oxygen atoms in total. The molecule has 0 spiro atoms. The first kappa shape index (κ1) is 14.9. The first-order valence-corrected chi connectivity index (χ1v) is 8.25. The van der Waals surface area contributed by atoms with E-state index in [4.69, 9.17) is 4.74 Å². The number of ether oxygens (including phenoxy) is 1. The van der Waals surface area contributed by atoms with Crippen molar-refractivity contribution in [3.63, 3.8) is 0 Å². The van der Waals surface area contributed by atoms with Gasteiger partial charge >= 0.3 is 5.97 Å². The number of piperidine rings is 1. The molecule has 0 bridgehead atoms. The fraction of sp³-hybridized carbons (Fsp3) is 0.562. The van der Waals surface area contributed by atoms with Crippen LogP contribution in [0.5, 0.6) is 5.75 Å². The van der Waals surface area contributed by atoms with Gasteiger partial charge in [-0.15, -0.1) is 0 Å². The number of halogens is 1. The van der Waals surface area contributed by atoms with E-state index in [1.807, 2.05) is 0 Å². The number of rotatable bonds is 3. The Morgan fingerprint density at radius 2 is 2.33 bits per heavy atom. The molecule has 1 saturated heterocycles. The van der Waals surface area contributed by atoms with E-state index in [9.17, 15) is 9.90 Å². The highest BCUT2D eigenvalue weighted by Gasteiger charge is 2.32. The molecule has 0 amide bonds. The Bertz CT molecular complexity index is 561. The third kappa shape index (κ3) is 3.09. The minimum atomic E-state index is -0.714. The Hall–Kier alpha value is -1.07. The van der Waals surface area contributed by atoms with Crippen molar-refractivity contribution in [3.8, 4) is 5.75 Å². The standard InChI is InChI=1S/C16H20BrNO3/c1-10-2-4-18(14(6-10)16(19)20)9-12-8-13(17)7-11-3-5-21-15(11)12/h7-8,10,14H,2-6,9H2,1H3,(H,19,20).